The molecule has 0 bridgehead atoms. The molecule has 0 radical (unpaired) electrons. The Morgan fingerprint density at radius 3 is 2.12 bits per heavy atom. The fourth-order valence-electron chi connectivity index (χ4n) is 0.230. The summed E-state index contributed by atoms with van der Waals surface area (Å²) in [5, 5.41) is 16.0. The van der Waals surface area contributed by atoms with Crippen LogP contribution in [0.4, 0.5) is 0 Å². The second-order valence-electron chi connectivity index (χ2n) is 1.22. The molecule has 0 atom stereocenters. The molecule has 0 aromatic heterocycles. The Balaban J connectivity index is 0. The molecule has 0 spiro atoms. The van der Waals surface area contributed by atoms with E-state index in [-0.39, 0.29) is 64.4 Å². The third kappa shape index (κ3) is 10.1. The van der Waals surface area contributed by atoms with Crippen LogP contribution < -0.4 is 0 Å². The van der Waals surface area contributed by atoms with Crippen molar-refractivity contribution >= 4 is 57.4 Å². The van der Waals surface area contributed by atoms with Gasteiger partial charge in [-0.15, -0.1) is 0 Å². The fraction of sp³-hybridized carbons (Fsp3) is 0.750. The minimum absolute atomic E-state index is 0. The molecular weight excluding hydrogens is 135 g/mol. The molecule has 8 heavy (non-hydrogen) atoms. The van der Waals surface area contributed by atoms with Crippen molar-refractivity contribution in [2.75, 3.05) is 6.61 Å². The Kier molecular flexibility index (Phi) is 11.9. The summed E-state index contributed by atoms with van der Waals surface area (Å²) in [6.07, 6.45) is 0.422. The third-order valence-corrected chi connectivity index (χ3v) is 0.549. The van der Waals surface area contributed by atoms with Crippen molar-refractivity contribution in [1.82, 2.24) is 0 Å². The van der Waals surface area contributed by atoms with Gasteiger partial charge in [-0.25, -0.2) is 0 Å². The van der Waals surface area contributed by atoms with E-state index in [1.54, 1.807) is 0 Å². The zero-order valence-electron chi connectivity index (χ0n) is 3.92. The van der Waals surface area contributed by atoms with Crippen molar-refractivity contribution in [1.29, 1.82) is 0 Å². The summed E-state index contributed by atoms with van der Waals surface area (Å²) in [6, 6.07) is 0. The summed E-state index contributed by atoms with van der Waals surface area (Å²) < 4.78 is 0. The first-order valence-corrected chi connectivity index (χ1v) is 2.10. The van der Waals surface area contributed by atoms with E-state index < -0.39 is 5.97 Å². The molecule has 3 nitrogen and oxygen atoms in total. The first-order valence-electron chi connectivity index (χ1n) is 2.10. The summed E-state index contributed by atoms with van der Waals surface area (Å²) in [5.74, 6) is -0.853. The number of carbonyl (C=O) groups is 1. The number of hydrogen-bond acceptors (Lipinski definition) is 2. The topological polar surface area (TPSA) is 57.5 Å². The van der Waals surface area contributed by atoms with E-state index in [1.807, 2.05) is 0 Å². The van der Waals surface area contributed by atoms with Crippen LogP contribution in [0.25, 0.3) is 0 Å². The SMILES string of the molecule is O=C(O)CCCO.[KH]. The monoisotopic (exact) mass is 144 g/mol. The standard InChI is InChI=1S/C4H8O3.K.H/c5-3-1-2-4(6)7;;/h5H,1-3H2,(H,6,7);;. The van der Waals surface area contributed by atoms with E-state index in [1.165, 1.54) is 0 Å². The van der Waals surface area contributed by atoms with Crippen molar-refractivity contribution in [2.24, 2.45) is 0 Å². The number of aliphatic carboxylic acids is 1. The molecule has 0 aliphatic heterocycles. The van der Waals surface area contributed by atoms with Gasteiger partial charge in [0.15, 0.2) is 0 Å². The van der Waals surface area contributed by atoms with Gasteiger partial charge in [-0.2, -0.15) is 0 Å². The van der Waals surface area contributed by atoms with Crippen molar-refractivity contribution in [3.8, 4) is 0 Å². The zero-order chi connectivity index (χ0) is 5.70. The van der Waals surface area contributed by atoms with Crippen LogP contribution in [0, 0.1) is 0 Å². The first kappa shape index (κ1) is 11.8. The molecule has 0 amide bonds. The van der Waals surface area contributed by atoms with Gasteiger partial charge in [-0.05, 0) is 6.42 Å². The van der Waals surface area contributed by atoms with Crippen molar-refractivity contribution < 1.29 is 15.0 Å². The van der Waals surface area contributed by atoms with Crippen LogP contribution in [0.3, 0.4) is 0 Å². The van der Waals surface area contributed by atoms with Gasteiger partial charge in [0.1, 0.15) is 0 Å². The predicted molar refractivity (Wildman–Crippen MR) is 31.1 cm³/mol. The van der Waals surface area contributed by atoms with Crippen LogP contribution in [0.2, 0.25) is 0 Å². The van der Waals surface area contributed by atoms with Crippen molar-refractivity contribution in [3.63, 3.8) is 0 Å². The Morgan fingerprint density at radius 1 is 1.50 bits per heavy atom. The number of carboxylic acid groups (broad SMARTS) is 1. The summed E-state index contributed by atoms with van der Waals surface area (Å²) in [4.78, 5) is 9.65. The van der Waals surface area contributed by atoms with Gasteiger partial charge < -0.3 is 10.2 Å². The van der Waals surface area contributed by atoms with Gasteiger partial charge in [0.2, 0.25) is 0 Å². The first-order chi connectivity index (χ1) is 3.27. The van der Waals surface area contributed by atoms with Gasteiger partial charge in [-0.3, -0.25) is 4.79 Å². The fourth-order valence-corrected chi connectivity index (χ4v) is 0.230. The van der Waals surface area contributed by atoms with E-state index in [2.05, 4.69) is 0 Å². The Hall–Kier alpha value is 1.07. The molecule has 0 saturated carbocycles. The predicted octanol–water partition coefficient (Wildman–Crippen LogP) is -0.805. The maximum absolute atomic E-state index is 9.65. The summed E-state index contributed by atoms with van der Waals surface area (Å²) in [7, 11) is 0. The van der Waals surface area contributed by atoms with Crippen LogP contribution in [-0.2, 0) is 4.79 Å². The molecule has 0 aromatic rings. The average molecular weight is 144 g/mol. The number of hydrogen-bond donors (Lipinski definition) is 2. The quantitative estimate of drug-likeness (QED) is 0.510. The molecule has 2 N–H and O–H groups in total. The molecule has 0 aliphatic rings. The van der Waals surface area contributed by atoms with E-state index in [9.17, 15) is 4.79 Å². The van der Waals surface area contributed by atoms with E-state index >= 15 is 0 Å². The molecule has 0 heterocycles. The second-order valence-corrected chi connectivity index (χ2v) is 1.22. The van der Waals surface area contributed by atoms with E-state index in [4.69, 9.17) is 10.2 Å². The Bertz CT molecular complexity index is 64.3. The molecule has 0 aliphatic carbocycles. The van der Waals surface area contributed by atoms with Crippen molar-refractivity contribution in [2.45, 2.75) is 12.8 Å². The van der Waals surface area contributed by atoms with Crippen molar-refractivity contribution in [3.05, 3.63) is 0 Å². The Labute approximate surface area is 90.5 Å². The molecule has 44 valence electrons. The van der Waals surface area contributed by atoms with Gasteiger partial charge in [0.05, 0.1) is 0 Å². The summed E-state index contributed by atoms with van der Waals surface area (Å²) >= 11 is 0. The molecule has 0 aromatic carbocycles. The summed E-state index contributed by atoms with van der Waals surface area (Å²) in [6.45, 7) is -0.0354. The van der Waals surface area contributed by atoms with Gasteiger partial charge in [0.25, 0.3) is 0 Å². The number of rotatable bonds is 3. The van der Waals surface area contributed by atoms with Gasteiger partial charge in [-0.1, -0.05) is 0 Å². The number of carboxylic acids is 1. The van der Waals surface area contributed by atoms with E-state index in [0.717, 1.165) is 0 Å². The second kappa shape index (κ2) is 8.07. The molecular formula is C4H9KO3. The molecule has 0 rings (SSSR count). The van der Waals surface area contributed by atoms with E-state index in [0.29, 0.717) is 6.42 Å². The average Bonchev–Trinajstić information content (AvgIpc) is 1.61. The van der Waals surface area contributed by atoms with Crippen LogP contribution in [0.1, 0.15) is 12.8 Å². The zero-order valence-corrected chi connectivity index (χ0v) is 3.92. The van der Waals surface area contributed by atoms with Crippen LogP contribution >= 0.6 is 0 Å². The van der Waals surface area contributed by atoms with Crippen LogP contribution in [0.15, 0.2) is 0 Å². The van der Waals surface area contributed by atoms with Gasteiger partial charge in [0, 0.05) is 13.0 Å². The molecule has 0 fully saturated rings. The Morgan fingerprint density at radius 2 is 2.00 bits per heavy atom. The molecule has 0 saturated heterocycles. The summed E-state index contributed by atoms with van der Waals surface area (Å²) in [5.41, 5.74) is 0. The molecule has 0 unspecified atom stereocenters. The minimum atomic E-state index is -0.853. The maximum atomic E-state index is 9.65. The number of aliphatic hydroxyl groups is 1. The molecule has 4 heteroatoms. The number of aliphatic hydroxyl groups excluding tert-OH is 1. The van der Waals surface area contributed by atoms with Crippen LogP contribution in [-0.4, -0.2) is 74.2 Å². The third-order valence-electron chi connectivity index (χ3n) is 0.549. The van der Waals surface area contributed by atoms with Gasteiger partial charge >= 0.3 is 57.4 Å². The van der Waals surface area contributed by atoms with Crippen LogP contribution in [0.5, 0.6) is 0 Å². The normalized spacial score (nSPS) is 7.62.